The molecule has 2 aliphatic rings. The molecule has 3 heterocycles. The third kappa shape index (κ3) is 3.99. The Bertz CT molecular complexity index is 962. The molecule has 1 saturated carbocycles. The Morgan fingerprint density at radius 3 is 2.67 bits per heavy atom. The van der Waals surface area contributed by atoms with Crippen LogP contribution in [0.3, 0.4) is 0 Å². The monoisotopic (exact) mass is 417 g/mol. The Morgan fingerprint density at radius 2 is 1.97 bits per heavy atom. The highest BCUT2D eigenvalue weighted by molar-refractivity contribution is 5.82. The molecule has 4 rings (SSSR count). The SMILES string of the molecule is Nc1nc(C#CCCC2(O)CCCCC2)nc2c1ncn2[C@@H]1O[C@H](CO)C(O)C1O. The van der Waals surface area contributed by atoms with E-state index in [1.807, 2.05) is 0 Å². The predicted molar refractivity (Wildman–Crippen MR) is 107 cm³/mol. The minimum Gasteiger partial charge on any atom is -0.394 e. The molecule has 4 atom stereocenters. The average molecular weight is 417 g/mol. The maximum absolute atomic E-state index is 10.6. The number of rotatable bonds is 4. The Balaban J connectivity index is 1.54. The number of nitrogen functional groups attached to an aromatic ring is 1. The number of nitrogens with zero attached hydrogens (tertiary/aromatic N) is 4. The van der Waals surface area contributed by atoms with Gasteiger partial charge in [-0.3, -0.25) is 4.57 Å². The van der Waals surface area contributed by atoms with Gasteiger partial charge in [-0.15, -0.1) is 0 Å². The maximum Gasteiger partial charge on any atom is 0.208 e. The summed E-state index contributed by atoms with van der Waals surface area (Å²) in [7, 11) is 0. The van der Waals surface area contributed by atoms with E-state index in [4.69, 9.17) is 10.5 Å². The number of anilines is 1. The second-order valence-electron chi connectivity index (χ2n) is 8.07. The van der Waals surface area contributed by atoms with Crippen molar-refractivity contribution >= 4 is 17.0 Å². The van der Waals surface area contributed by atoms with Gasteiger partial charge >= 0.3 is 0 Å². The van der Waals surface area contributed by atoms with Crippen molar-refractivity contribution in [2.45, 2.75) is 75.1 Å². The summed E-state index contributed by atoms with van der Waals surface area (Å²) in [6.45, 7) is -0.429. The van der Waals surface area contributed by atoms with Gasteiger partial charge in [0, 0.05) is 6.42 Å². The van der Waals surface area contributed by atoms with E-state index in [1.54, 1.807) is 0 Å². The van der Waals surface area contributed by atoms with Gasteiger partial charge in [0.25, 0.3) is 0 Å². The first-order valence-corrected chi connectivity index (χ1v) is 10.3. The van der Waals surface area contributed by atoms with Crippen LogP contribution < -0.4 is 5.73 Å². The summed E-state index contributed by atoms with van der Waals surface area (Å²) in [5.41, 5.74) is 6.01. The van der Waals surface area contributed by atoms with E-state index in [9.17, 15) is 20.4 Å². The number of imidazole rings is 1. The molecule has 0 bridgehead atoms. The zero-order chi connectivity index (χ0) is 21.3. The van der Waals surface area contributed by atoms with Gasteiger partial charge in [-0.25, -0.2) is 15.0 Å². The number of fused-ring (bicyclic) bond motifs is 1. The molecule has 1 aliphatic carbocycles. The highest BCUT2D eigenvalue weighted by Crippen LogP contribution is 2.32. The van der Waals surface area contributed by atoms with Gasteiger partial charge in [-0.1, -0.05) is 25.2 Å². The minimum absolute atomic E-state index is 0.140. The van der Waals surface area contributed by atoms with E-state index >= 15 is 0 Å². The van der Waals surface area contributed by atoms with Crippen molar-refractivity contribution < 1.29 is 25.2 Å². The molecule has 0 amide bonds. The molecular formula is C20H27N5O5. The maximum atomic E-state index is 10.6. The summed E-state index contributed by atoms with van der Waals surface area (Å²) in [4.78, 5) is 12.7. The van der Waals surface area contributed by atoms with Crippen molar-refractivity contribution in [2.24, 2.45) is 0 Å². The van der Waals surface area contributed by atoms with Gasteiger partial charge in [0.1, 0.15) is 23.8 Å². The summed E-state index contributed by atoms with van der Waals surface area (Å²) in [6.07, 6.45) is 3.03. The number of ether oxygens (including phenoxy) is 1. The second-order valence-corrected chi connectivity index (χ2v) is 8.07. The standard InChI is InChI=1S/C20H27N5O5/c21-17-14-18(25(11-22-14)19-16(28)15(27)12(10-26)30-19)24-13(23-17)6-2-5-9-20(29)7-3-1-4-8-20/h11-12,15-16,19,26-29H,1,3-5,7-10H2,(H2,21,23,24)/t12-,15?,16?,19-/m1/s1. The number of hydrogen-bond acceptors (Lipinski definition) is 9. The summed E-state index contributed by atoms with van der Waals surface area (Å²) in [5, 5.41) is 40.2. The van der Waals surface area contributed by atoms with Gasteiger partial charge in [0.05, 0.1) is 18.5 Å². The van der Waals surface area contributed by atoms with Crippen molar-refractivity contribution in [2.75, 3.05) is 12.3 Å². The Morgan fingerprint density at radius 1 is 1.20 bits per heavy atom. The molecule has 0 aromatic carbocycles. The Hall–Kier alpha value is -2.29. The number of aliphatic hydroxyl groups is 4. The van der Waals surface area contributed by atoms with E-state index in [0.717, 1.165) is 25.7 Å². The van der Waals surface area contributed by atoms with E-state index < -0.39 is 36.7 Å². The molecular weight excluding hydrogens is 390 g/mol. The van der Waals surface area contributed by atoms with Crippen LogP contribution in [0.2, 0.25) is 0 Å². The van der Waals surface area contributed by atoms with Gasteiger partial charge in [-0.2, -0.15) is 0 Å². The third-order valence-electron chi connectivity index (χ3n) is 5.94. The molecule has 30 heavy (non-hydrogen) atoms. The van der Waals surface area contributed by atoms with Crippen LogP contribution in [-0.2, 0) is 4.74 Å². The van der Waals surface area contributed by atoms with Crippen molar-refractivity contribution in [1.29, 1.82) is 0 Å². The van der Waals surface area contributed by atoms with Crippen LogP contribution in [0.4, 0.5) is 5.82 Å². The molecule has 1 saturated heterocycles. The smallest absolute Gasteiger partial charge is 0.208 e. The molecule has 0 radical (unpaired) electrons. The van der Waals surface area contributed by atoms with Crippen LogP contribution in [0.15, 0.2) is 6.33 Å². The molecule has 2 unspecified atom stereocenters. The van der Waals surface area contributed by atoms with Crippen LogP contribution in [-0.4, -0.2) is 70.5 Å². The van der Waals surface area contributed by atoms with Gasteiger partial charge in [0.15, 0.2) is 17.7 Å². The van der Waals surface area contributed by atoms with E-state index in [1.165, 1.54) is 17.3 Å². The number of aromatic nitrogens is 4. The zero-order valence-corrected chi connectivity index (χ0v) is 16.6. The van der Waals surface area contributed by atoms with E-state index in [-0.39, 0.29) is 11.6 Å². The normalized spacial score (nSPS) is 28.4. The van der Waals surface area contributed by atoms with Crippen molar-refractivity contribution in [1.82, 2.24) is 19.5 Å². The number of nitrogens with two attached hydrogens (primary N) is 1. The van der Waals surface area contributed by atoms with Crippen LogP contribution in [0.25, 0.3) is 11.2 Å². The quantitative estimate of drug-likeness (QED) is 0.426. The zero-order valence-electron chi connectivity index (χ0n) is 16.6. The van der Waals surface area contributed by atoms with Crippen molar-refractivity contribution in [3.8, 4) is 11.8 Å². The lowest BCUT2D eigenvalue weighted by atomic mass is 9.82. The molecule has 2 aromatic rings. The van der Waals surface area contributed by atoms with Crippen molar-refractivity contribution in [3.05, 3.63) is 12.2 Å². The van der Waals surface area contributed by atoms with Gasteiger partial charge in [-0.05, 0) is 25.2 Å². The molecule has 2 aromatic heterocycles. The molecule has 0 spiro atoms. The molecule has 1 aliphatic heterocycles. The molecule has 6 N–H and O–H groups in total. The molecule has 2 fully saturated rings. The van der Waals surface area contributed by atoms with Gasteiger partial charge < -0.3 is 30.9 Å². The van der Waals surface area contributed by atoms with Gasteiger partial charge in [0.2, 0.25) is 5.82 Å². The fourth-order valence-corrected chi connectivity index (χ4v) is 4.19. The molecule has 162 valence electrons. The number of aliphatic hydroxyl groups excluding tert-OH is 3. The molecule has 10 nitrogen and oxygen atoms in total. The lowest BCUT2D eigenvalue weighted by Gasteiger charge is -2.31. The lowest BCUT2D eigenvalue weighted by molar-refractivity contribution is -0.0511. The van der Waals surface area contributed by atoms with Crippen LogP contribution in [0, 0.1) is 11.8 Å². The van der Waals surface area contributed by atoms with Crippen LogP contribution in [0.1, 0.15) is 57.0 Å². The molecule has 10 heteroatoms. The van der Waals surface area contributed by atoms with Crippen LogP contribution >= 0.6 is 0 Å². The first-order valence-electron chi connectivity index (χ1n) is 10.3. The fraction of sp³-hybridized carbons (Fsp3) is 0.650. The topological polar surface area (TPSA) is 160 Å². The Kier molecular flexibility index (Phi) is 5.90. The van der Waals surface area contributed by atoms with Crippen molar-refractivity contribution in [3.63, 3.8) is 0 Å². The summed E-state index contributed by atoms with van der Waals surface area (Å²) in [6, 6.07) is 0. The fourth-order valence-electron chi connectivity index (χ4n) is 4.19. The minimum atomic E-state index is -1.26. The van der Waals surface area contributed by atoms with Crippen LogP contribution in [0.5, 0.6) is 0 Å². The summed E-state index contributed by atoms with van der Waals surface area (Å²) < 4.78 is 7.00. The highest BCUT2D eigenvalue weighted by Gasteiger charge is 2.44. The van der Waals surface area contributed by atoms with E-state index in [2.05, 4.69) is 26.8 Å². The third-order valence-corrected chi connectivity index (χ3v) is 5.94. The Labute approximate surface area is 173 Å². The first-order chi connectivity index (χ1) is 14.4. The number of hydrogen-bond donors (Lipinski definition) is 5. The average Bonchev–Trinajstić information content (AvgIpc) is 3.27. The summed E-state index contributed by atoms with van der Waals surface area (Å²) >= 11 is 0. The second kappa shape index (κ2) is 8.45. The highest BCUT2D eigenvalue weighted by atomic mass is 16.6. The predicted octanol–water partition coefficient (Wildman–Crippen LogP) is -0.153. The summed E-state index contributed by atoms with van der Waals surface area (Å²) in [5.74, 6) is 6.23. The van der Waals surface area contributed by atoms with E-state index in [0.29, 0.717) is 24.0 Å². The lowest BCUT2D eigenvalue weighted by Crippen LogP contribution is -2.33. The first kappa shape index (κ1) is 21.0. The largest absolute Gasteiger partial charge is 0.394 e.